The van der Waals surface area contributed by atoms with Gasteiger partial charge in [-0.3, -0.25) is 0 Å². The zero-order chi connectivity index (χ0) is 14.9. The van der Waals surface area contributed by atoms with E-state index in [4.69, 9.17) is 5.73 Å². The molecule has 5 heteroatoms. The van der Waals surface area contributed by atoms with Gasteiger partial charge in [-0.25, -0.2) is 13.8 Å². The number of nitrogens with one attached hydrogen (secondary N) is 1. The molecule has 0 bridgehead atoms. The largest absolute Gasteiger partial charge is 0.341 e. The van der Waals surface area contributed by atoms with Crippen molar-refractivity contribution in [1.29, 1.82) is 0 Å². The van der Waals surface area contributed by atoms with Crippen LogP contribution in [0.2, 0.25) is 0 Å². The maximum absolute atomic E-state index is 13.7. The molecule has 1 unspecified atom stereocenters. The fourth-order valence-corrected chi connectivity index (χ4v) is 1.81. The van der Waals surface area contributed by atoms with Gasteiger partial charge in [-0.1, -0.05) is 19.9 Å². The van der Waals surface area contributed by atoms with Crippen LogP contribution in [0.15, 0.2) is 37.1 Å². The SMILES string of the molecule is C=CC(C)(C)C(N)c1ncc(-c2cc(F)ccc2F)[nH]1. The van der Waals surface area contributed by atoms with Crippen molar-refractivity contribution < 1.29 is 8.78 Å². The van der Waals surface area contributed by atoms with Crippen LogP contribution in [0.1, 0.15) is 25.7 Å². The molecule has 0 fully saturated rings. The van der Waals surface area contributed by atoms with Crippen molar-refractivity contribution in [2.24, 2.45) is 11.1 Å². The van der Waals surface area contributed by atoms with Crippen molar-refractivity contribution in [2.75, 3.05) is 0 Å². The van der Waals surface area contributed by atoms with Crippen LogP contribution >= 0.6 is 0 Å². The second kappa shape index (κ2) is 5.17. The Bertz CT molecular complexity index is 632. The summed E-state index contributed by atoms with van der Waals surface area (Å²) in [6, 6.07) is 2.86. The van der Waals surface area contributed by atoms with Gasteiger partial charge in [0.05, 0.1) is 17.9 Å². The number of halogens is 2. The highest BCUT2D eigenvalue weighted by atomic mass is 19.1. The fourth-order valence-electron chi connectivity index (χ4n) is 1.81. The lowest BCUT2D eigenvalue weighted by molar-refractivity contribution is 0.369. The van der Waals surface area contributed by atoms with Gasteiger partial charge < -0.3 is 10.7 Å². The number of hydrogen-bond donors (Lipinski definition) is 2. The standard InChI is InChI=1S/C15H17F2N3/c1-4-15(2,3)13(18)14-19-8-12(20-14)10-7-9(16)5-6-11(10)17/h4-8,13H,1,18H2,2-3H3,(H,19,20). The van der Waals surface area contributed by atoms with Crippen LogP contribution in [0.5, 0.6) is 0 Å². The second-order valence-electron chi connectivity index (χ2n) is 5.31. The first-order valence-corrected chi connectivity index (χ1v) is 6.24. The molecule has 0 saturated carbocycles. The van der Waals surface area contributed by atoms with Gasteiger partial charge in [0, 0.05) is 11.0 Å². The van der Waals surface area contributed by atoms with Crippen LogP contribution in [-0.2, 0) is 0 Å². The third-order valence-electron chi connectivity index (χ3n) is 3.44. The van der Waals surface area contributed by atoms with Gasteiger partial charge >= 0.3 is 0 Å². The first-order valence-electron chi connectivity index (χ1n) is 6.24. The molecule has 0 aliphatic heterocycles. The van der Waals surface area contributed by atoms with Crippen molar-refractivity contribution in [1.82, 2.24) is 9.97 Å². The van der Waals surface area contributed by atoms with Crippen LogP contribution in [0.4, 0.5) is 8.78 Å². The maximum atomic E-state index is 13.7. The highest BCUT2D eigenvalue weighted by Gasteiger charge is 2.27. The average molecular weight is 277 g/mol. The third-order valence-corrected chi connectivity index (χ3v) is 3.44. The van der Waals surface area contributed by atoms with E-state index in [0.717, 1.165) is 18.2 Å². The number of nitrogens with two attached hydrogens (primary N) is 1. The number of nitrogens with zero attached hydrogens (tertiary/aromatic N) is 1. The molecule has 1 heterocycles. The molecule has 20 heavy (non-hydrogen) atoms. The first-order chi connectivity index (χ1) is 9.35. The molecule has 2 aromatic rings. The Morgan fingerprint density at radius 2 is 2.10 bits per heavy atom. The summed E-state index contributed by atoms with van der Waals surface area (Å²) < 4.78 is 26.9. The van der Waals surface area contributed by atoms with E-state index in [1.165, 1.54) is 6.20 Å². The average Bonchev–Trinajstić information content (AvgIpc) is 2.90. The molecule has 2 rings (SSSR count). The number of H-pyrrole nitrogens is 1. The topological polar surface area (TPSA) is 54.7 Å². The highest BCUT2D eigenvalue weighted by molar-refractivity contribution is 5.59. The Kier molecular flexibility index (Phi) is 3.72. The Labute approximate surface area is 116 Å². The minimum Gasteiger partial charge on any atom is -0.341 e. The molecule has 0 radical (unpaired) electrons. The highest BCUT2D eigenvalue weighted by Crippen LogP contribution is 2.32. The lowest BCUT2D eigenvalue weighted by Crippen LogP contribution is -2.28. The monoisotopic (exact) mass is 277 g/mol. The van der Waals surface area contributed by atoms with E-state index in [0.29, 0.717) is 11.5 Å². The van der Waals surface area contributed by atoms with Crippen molar-refractivity contribution in [3.8, 4) is 11.3 Å². The quantitative estimate of drug-likeness (QED) is 0.839. The van der Waals surface area contributed by atoms with Crippen LogP contribution in [0.25, 0.3) is 11.3 Å². The van der Waals surface area contributed by atoms with Gasteiger partial charge in [0.1, 0.15) is 17.5 Å². The zero-order valence-electron chi connectivity index (χ0n) is 11.5. The summed E-state index contributed by atoms with van der Waals surface area (Å²) in [7, 11) is 0. The summed E-state index contributed by atoms with van der Waals surface area (Å²) in [6.45, 7) is 7.59. The minimum absolute atomic E-state index is 0.132. The molecule has 0 spiro atoms. The van der Waals surface area contributed by atoms with Gasteiger partial charge in [0.25, 0.3) is 0 Å². The zero-order valence-corrected chi connectivity index (χ0v) is 11.5. The molecule has 0 amide bonds. The smallest absolute Gasteiger partial charge is 0.132 e. The van der Waals surface area contributed by atoms with Crippen LogP contribution < -0.4 is 5.73 Å². The van der Waals surface area contributed by atoms with E-state index < -0.39 is 17.7 Å². The summed E-state index contributed by atoms with van der Waals surface area (Å²) in [5.74, 6) is -0.514. The number of aromatic amines is 1. The van der Waals surface area contributed by atoms with E-state index in [2.05, 4.69) is 16.5 Å². The van der Waals surface area contributed by atoms with E-state index >= 15 is 0 Å². The normalized spacial score (nSPS) is 13.2. The molecule has 0 saturated heterocycles. The lowest BCUT2D eigenvalue weighted by atomic mass is 9.85. The Balaban J connectivity index is 2.38. The van der Waals surface area contributed by atoms with E-state index in [9.17, 15) is 8.78 Å². The molecule has 1 aromatic carbocycles. The van der Waals surface area contributed by atoms with Crippen molar-refractivity contribution in [2.45, 2.75) is 19.9 Å². The Morgan fingerprint density at radius 1 is 1.40 bits per heavy atom. The van der Waals surface area contributed by atoms with Gasteiger partial charge in [0.2, 0.25) is 0 Å². The molecule has 3 N–H and O–H groups in total. The van der Waals surface area contributed by atoms with Crippen molar-refractivity contribution >= 4 is 0 Å². The second-order valence-corrected chi connectivity index (χ2v) is 5.31. The molecule has 1 atom stereocenters. The molecular formula is C15H17F2N3. The van der Waals surface area contributed by atoms with Crippen LogP contribution in [0, 0.1) is 17.0 Å². The number of benzene rings is 1. The van der Waals surface area contributed by atoms with Crippen LogP contribution in [0.3, 0.4) is 0 Å². The summed E-state index contributed by atoms with van der Waals surface area (Å²) in [5.41, 5.74) is 6.27. The predicted octanol–water partition coefficient (Wildman–Crippen LogP) is 3.57. The van der Waals surface area contributed by atoms with Crippen molar-refractivity contribution in [3.05, 3.63) is 54.5 Å². The van der Waals surface area contributed by atoms with Gasteiger partial charge in [-0.05, 0) is 18.2 Å². The molecule has 0 aliphatic rings. The summed E-state index contributed by atoms with van der Waals surface area (Å²) in [6.07, 6.45) is 3.19. The first kappa shape index (κ1) is 14.4. The molecule has 0 aliphatic carbocycles. The predicted molar refractivity (Wildman–Crippen MR) is 74.8 cm³/mol. The van der Waals surface area contributed by atoms with Crippen LogP contribution in [-0.4, -0.2) is 9.97 Å². The third kappa shape index (κ3) is 2.63. The molecule has 106 valence electrons. The number of aromatic nitrogens is 2. The summed E-state index contributed by atoms with van der Waals surface area (Å²) >= 11 is 0. The minimum atomic E-state index is -0.516. The van der Waals surface area contributed by atoms with Gasteiger partial charge in [-0.15, -0.1) is 6.58 Å². The van der Waals surface area contributed by atoms with E-state index in [-0.39, 0.29) is 11.0 Å². The van der Waals surface area contributed by atoms with E-state index in [1.54, 1.807) is 6.08 Å². The Hall–Kier alpha value is -2.01. The number of hydrogen-bond acceptors (Lipinski definition) is 2. The van der Waals surface area contributed by atoms with Gasteiger partial charge in [0.15, 0.2) is 0 Å². The summed E-state index contributed by atoms with van der Waals surface area (Å²) in [5, 5.41) is 0. The molecular weight excluding hydrogens is 260 g/mol. The number of imidazole rings is 1. The Morgan fingerprint density at radius 3 is 2.75 bits per heavy atom. The number of rotatable bonds is 4. The van der Waals surface area contributed by atoms with Crippen molar-refractivity contribution in [3.63, 3.8) is 0 Å². The summed E-state index contributed by atoms with van der Waals surface area (Å²) in [4.78, 5) is 7.11. The molecule has 3 nitrogen and oxygen atoms in total. The van der Waals surface area contributed by atoms with E-state index in [1.807, 2.05) is 13.8 Å². The molecule has 1 aromatic heterocycles. The fraction of sp³-hybridized carbons (Fsp3) is 0.267. The maximum Gasteiger partial charge on any atom is 0.132 e. The lowest BCUT2D eigenvalue weighted by Gasteiger charge is -2.26. The van der Waals surface area contributed by atoms with Gasteiger partial charge in [-0.2, -0.15) is 0 Å².